The van der Waals surface area contributed by atoms with E-state index in [-0.39, 0.29) is 23.5 Å². The zero-order valence-corrected chi connectivity index (χ0v) is 14.9. The summed E-state index contributed by atoms with van der Waals surface area (Å²) in [5.41, 5.74) is 2.14. The van der Waals surface area contributed by atoms with E-state index in [1.165, 1.54) is 18.6 Å². The molecule has 136 valence electrons. The first-order valence-electron chi connectivity index (χ1n) is 9.07. The van der Waals surface area contributed by atoms with E-state index in [1.807, 2.05) is 12.1 Å². The molecular formula is C21H23FN2O2. The van der Waals surface area contributed by atoms with Gasteiger partial charge in [0.1, 0.15) is 5.82 Å². The zero-order valence-electron chi connectivity index (χ0n) is 14.9. The van der Waals surface area contributed by atoms with Crippen LogP contribution in [0.3, 0.4) is 0 Å². The first-order chi connectivity index (χ1) is 12.6. The number of ketones is 1. The van der Waals surface area contributed by atoms with Crippen molar-refractivity contribution >= 4 is 11.5 Å². The average molecular weight is 354 g/mol. The molecule has 5 heteroatoms. The van der Waals surface area contributed by atoms with Gasteiger partial charge in [-0.1, -0.05) is 36.4 Å². The number of carbonyl (C=O) groups excluding carboxylic acids is 1. The van der Waals surface area contributed by atoms with Crippen LogP contribution in [-0.2, 0) is 11.3 Å². The van der Waals surface area contributed by atoms with E-state index >= 15 is 0 Å². The normalized spacial score (nSPS) is 23.1. The van der Waals surface area contributed by atoms with E-state index in [4.69, 9.17) is 4.74 Å². The van der Waals surface area contributed by atoms with Crippen molar-refractivity contribution in [1.82, 2.24) is 4.90 Å². The van der Waals surface area contributed by atoms with E-state index in [0.717, 1.165) is 19.6 Å². The van der Waals surface area contributed by atoms with Gasteiger partial charge < -0.3 is 9.64 Å². The van der Waals surface area contributed by atoms with Crippen molar-refractivity contribution in [2.45, 2.75) is 25.6 Å². The SMILES string of the molecule is CC(=O)c1c(F)cccc1N1CC2OCCN(Cc3ccccc3)C2C1. The summed E-state index contributed by atoms with van der Waals surface area (Å²) in [5, 5.41) is 0. The van der Waals surface area contributed by atoms with Gasteiger partial charge in [-0.15, -0.1) is 0 Å². The summed E-state index contributed by atoms with van der Waals surface area (Å²) in [6, 6.07) is 15.5. The van der Waals surface area contributed by atoms with Gasteiger partial charge in [-0.3, -0.25) is 9.69 Å². The first kappa shape index (κ1) is 17.2. The van der Waals surface area contributed by atoms with Crippen LogP contribution in [0.1, 0.15) is 22.8 Å². The van der Waals surface area contributed by atoms with Crippen molar-refractivity contribution < 1.29 is 13.9 Å². The lowest BCUT2D eigenvalue weighted by Crippen LogP contribution is -2.50. The lowest BCUT2D eigenvalue weighted by molar-refractivity contribution is -0.0499. The highest BCUT2D eigenvalue weighted by Gasteiger charge is 2.41. The van der Waals surface area contributed by atoms with E-state index in [2.05, 4.69) is 34.1 Å². The molecule has 0 amide bonds. The molecule has 0 bridgehead atoms. The van der Waals surface area contributed by atoms with Crippen LogP contribution in [0.25, 0.3) is 0 Å². The summed E-state index contributed by atoms with van der Waals surface area (Å²) in [6.07, 6.45) is 0.0792. The Kier molecular flexibility index (Phi) is 4.74. The Morgan fingerprint density at radius 3 is 2.73 bits per heavy atom. The van der Waals surface area contributed by atoms with Crippen LogP contribution in [0, 0.1) is 5.82 Å². The molecular weight excluding hydrogens is 331 g/mol. The summed E-state index contributed by atoms with van der Waals surface area (Å²) >= 11 is 0. The topological polar surface area (TPSA) is 32.8 Å². The predicted molar refractivity (Wildman–Crippen MR) is 99.0 cm³/mol. The van der Waals surface area contributed by atoms with Gasteiger partial charge in [-0.05, 0) is 24.6 Å². The summed E-state index contributed by atoms with van der Waals surface area (Å²) in [4.78, 5) is 16.5. The highest BCUT2D eigenvalue weighted by molar-refractivity contribution is 6.00. The second-order valence-corrected chi connectivity index (χ2v) is 7.03. The fraction of sp³-hybridized carbons (Fsp3) is 0.381. The number of ether oxygens (including phenoxy) is 1. The van der Waals surface area contributed by atoms with Crippen LogP contribution in [0.5, 0.6) is 0 Å². The number of Topliss-reactive ketones (excluding diaryl/α,β-unsaturated/α-hetero) is 1. The monoisotopic (exact) mass is 354 g/mol. The number of rotatable bonds is 4. The summed E-state index contributed by atoms with van der Waals surface area (Å²) in [5.74, 6) is -0.693. The fourth-order valence-corrected chi connectivity index (χ4v) is 4.09. The predicted octanol–water partition coefficient (Wildman–Crippen LogP) is 3.12. The summed E-state index contributed by atoms with van der Waals surface area (Å²) < 4.78 is 20.2. The molecule has 2 aliphatic heterocycles. The fourth-order valence-electron chi connectivity index (χ4n) is 4.09. The molecule has 2 aromatic carbocycles. The van der Waals surface area contributed by atoms with E-state index in [9.17, 15) is 9.18 Å². The van der Waals surface area contributed by atoms with Crippen molar-refractivity contribution in [1.29, 1.82) is 0 Å². The number of anilines is 1. The first-order valence-corrected chi connectivity index (χ1v) is 9.07. The van der Waals surface area contributed by atoms with Crippen molar-refractivity contribution in [3.8, 4) is 0 Å². The highest BCUT2D eigenvalue weighted by Crippen LogP contribution is 2.31. The van der Waals surface area contributed by atoms with E-state index < -0.39 is 5.82 Å². The van der Waals surface area contributed by atoms with Crippen LogP contribution in [0.15, 0.2) is 48.5 Å². The number of halogens is 1. The van der Waals surface area contributed by atoms with Gasteiger partial charge in [0.25, 0.3) is 0 Å². The van der Waals surface area contributed by atoms with Crippen LogP contribution < -0.4 is 4.90 Å². The highest BCUT2D eigenvalue weighted by atomic mass is 19.1. The molecule has 0 spiro atoms. The van der Waals surface area contributed by atoms with E-state index in [1.54, 1.807) is 6.07 Å². The Morgan fingerprint density at radius 2 is 1.96 bits per heavy atom. The number of carbonyl (C=O) groups is 1. The number of nitrogens with zero attached hydrogens (tertiary/aromatic N) is 2. The molecule has 0 radical (unpaired) electrons. The molecule has 2 heterocycles. The van der Waals surface area contributed by atoms with Crippen LogP contribution in [0.2, 0.25) is 0 Å². The molecule has 0 aromatic heterocycles. The lowest BCUT2D eigenvalue weighted by Gasteiger charge is -2.36. The molecule has 4 nitrogen and oxygen atoms in total. The maximum Gasteiger partial charge on any atom is 0.164 e. The number of fused-ring (bicyclic) bond motifs is 1. The molecule has 2 aliphatic rings. The van der Waals surface area contributed by atoms with Crippen LogP contribution >= 0.6 is 0 Å². The van der Waals surface area contributed by atoms with Crippen molar-refractivity contribution in [3.63, 3.8) is 0 Å². The van der Waals surface area contributed by atoms with Gasteiger partial charge in [-0.2, -0.15) is 0 Å². The molecule has 2 fully saturated rings. The molecule has 2 unspecified atom stereocenters. The Morgan fingerprint density at radius 1 is 1.15 bits per heavy atom. The van der Waals surface area contributed by atoms with Gasteiger partial charge in [0.2, 0.25) is 0 Å². The second kappa shape index (κ2) is 7.17. The van der Waals surface area contributed by atoms with Gasteiger partial charge in [0.15, 0.2) is 5.78 Å². The molecule has 2 aromatic rings. The summed E-state index contributed by atoms with van der Waals surface area (Å²) in [6.45, 7) is 5.29. The Labute approximate surface area is 153 Å². The minimum atomic E-state index is -0.452. The number of hydrogen-bond donors (Lipinski definition) is 0. The number of benzene rings is 2. The Hall–Kier alpha value is -2.24. The minimum absolute atomic E-state index is 0.0792. The van der Waals surface area contributed by atoms with E-state index in [0.29, 0.717) is 18.8 Å². The maximum absolute atomic E-state index is 14.2. The quantitative estimate of drug-likeness (QED) is 0.790. The molecule has 26 heavy (non-hydrogen) atoms. The smallest absolute Gasteiger partial charge is 0.164 e. The zero-order chi connectivity index (χ0) is 18.1. The lowest BCUT2D eigenvalue weighted by atomic mass is 10.1. The van der Waals surface area contributed by atoms with Gasteiger partial charge in [-0.25, -0.2) is 4.39 Å². The average Bonchev–Trinajstić information content (AvgIpc) is 3.07. The Bertz CT molecular complexity index is 796. The van der Waals surface area contributed by atoms with Gasteiger partial charge in [0, 0.05) is 26.2 Å². The molecule has 0 saturated carbocycles. The molecule has 0 N–H and O–H groups in total. The Balaban J connectivity index is 1.57. The van der Waals surface area contributed by atoms with Gasteiger partial charge in [0.05, 0.1) is 30.0 Å². The molecule has 4 rings (SSSR count). The number of hydrogen-bond acceptors (Lipinski definition) is 4. The third-order valence-corrected chi connectivity index (χ3v) is 5.33. The second-order valence-electron chi connectivity index (χ2n) is 7.03. The van der Waals surface area contributed by atoms with Crippen LogP contribution in [-0.4, -0.2) is 49.1 Å². The van der Waals surface area contributed by atoms with Crippen molar-refractivity contribution in [2.24, 2.45) is 0 Å². The number of morpholine rings is 1. The van der Waals surface area contributed by atoms with Crippen molar-refractivity contribution in [2.75, 3.05) is 31.1 Å². The maximum atomic E-state index is 14.2. The molecule has 2 atom stereocenters. The standard InChI is InChI=1S/C21H23FN2O2/c1-15(25)21-17(22)8-5-9-18(21)24-13-19-20(14-24)26-11-10-23(19)12-16-6-3-2-4-7-16/h2-9,19-20H,10-14H2,1H3. The van der Waals surface area contributed by atoms with Crippen LogP contribution in [0.4, 0.5) is 10.1 Å². The third-order valence-electron chi connectivity index (χ3n) is 5.33. The largest absolute Gasteiger partial charge is 0.373 e. The molecule has 0 aliphatic carbocycles. The van der Waals surface area contributed by atoms with Crippen molar-refractivity contribution in [3.05, 3.63) is 65.5 Å². The summed E-state index contributed by atoms with van der Waals surface area (Å²) in [7, 11) is 0. The van der Waals surface area contributed by atoms with Gasteiger partial charge >= 0.3 is 0 Å². The molecule has 2 saturated heterocycles. The third kappa shape index (κ3) is 3.24. The minimum Gasteiger partial charge on any atom is -0.373 e.